The number of hydrogen-bond acceptors (Lipinski definition) is 2. The van der Waals surface area contributed by atoms with Crippen molar-refractivity contribution in [1.29, 1.82) is 0 Å². The SMILES string of the molecule is CC(NCC1CCC(C(C)(C)C)CC1)c1cccnc1. The minimum atomic E-state index is 0.407. The summed E-state index contributed by atoms with van der Waals surface area (Å²) in [5.41, 5.74) is 1.78. The highest BCUT2D eigenvalue weighted by atomic mass is 14.9. The van der Waals surface area contributed by atoms with Gasteiger partial charge < -0.3 is 5.32 Å². The second kappa shape index (κ2) is 6.71. The fourth-order valence-electron chi connectivity index (χ4n) is 3.33. The van der Waals surface area contributed by atoms with E-state index in [1.54, 1.807) is 0 Å². The molecule has 1 saturated carbocycles. The van der Waals surface area contributed by atoms with E-state index in [2.05, 4.69) is 44.1 Å². The quantitative estimate of drug-likeness (QED) is 0.869. The molecule has 0 bridgehead atoms. The lowest BCUT2D eigenvalue weighted by Gasteiger charge is -2.37. The summed E-state index contributed by atoms with van der Waals surface area (Å²) in [5, 5.41) is 3.68. The summed E-state index contributed by atoms with van der Waals surface area (Å²) in [6.45, 7) is 10.5. The smallest absolute Gasteiger partial charge is 0.0315 e. The van der Waals surface area contributed by atoms with Gasteiger partial charge in [0.05, 0.1) is 0 Å². The molecule has 20 heavy (non-hydrogen) atoms. The highest BCUT2D eigenvalue weighted by molar-refractivity contribution is 5.12. The molecule has 2 heteroatoms. The monoisotopic (exact) mass is 274 g/mol. The van der Waals surface area contributed by atoms with Crippen LogP contribution in [0.5, 0.6) is 0 Å². The van der Waals surface area contributed by atoms with Crippen LogP contribution in [0.1, 0.15) is 65.0 Å². The fraction of sp³-hybridized carbons (Fsp3) is 0.722. The maximum atomic E-state index is 4.20. The summed E-state index contributed by atoms with van der Waals surface area (Å²) in [7, 11) is 0. The van der Waals surface area contributed by atoms with Crippen molar-refractivity contribution in [1.82, 2.24) is 10.3 Å². The van der Waals surface area contributed by atoms with Gasteiger partial charge in [0.2, 0.25) is 0 Å². The van der Waals surface area contributed by atoms with Gasteiger partial charge in [-0.3, -0.25) is 4.98 Å². The molecule has 2 nitrogen and oxygen atoms in total. The van der Waals surface area contributed by atoms with Crippen molar-refractivity contribution in [3.8, 4) is 0 Å². The maximum Gasteiger partial charge on any atom is 0.0315 e. The van der Waals surface area contributed by atoms with Crippen molar-refractivity contribution < 1.29 is 0 Å². The Morgan fingerprint density at radius 2 is 1.95 bits per heavy atom. The lowest BCUT2D eigenvalue weighted by molar-refractivity contribution is 0.148. The molecule has 1 aromatic heterocycles. The van der Waals surface area contributed by atoms with Crippen LogP contribution >= 0.6 is 0 Å². The van der Waals surface area contributed by atoms with Crippen LogP contribution < -0.4 is 5.32 Å². The van der Waals surface area contributed by atoms with Crippen molar-refractivity contribution in [2.45, 2.75) is 59.4 Å². The molecule has 1 aromatic rings. The molecule has 0 saturated heterocycles. The summed E-state index contributed by atoms with van der Waals surface area (Å²) >= 11 is 0. The van der Waals surface area contributed by atoms with Crippen LogP contribution in [0.15, 0.2) is 24.5 Å². The third-order valence-electron chi connectivity index (χ3n) is 4.97. The van der Waals surface area contributed by atoms with E-state index in [-0.39, 0.29) is 0 Å². The Hall–Kier alpha value is -0.890. The molecule has 0 radical (unpaired) electrons. The van der Waals surface area contributed by atoms with Gasteiger partial charge in [-0.2, -0.15) is 0 Å². The first-order valence-electron chi connectivity index (χ1n) is 8.10. The van der Waals surface area contributed by atoms with Gasteiger partial charge in [-0.15, -0.1) is 0 Å². The van der Waals surface area contributed by atoms with Crippen molar-refractivity contribution in [3.63, 3.8) is 0 Å². The van der Waals surface area contributed by atoms with E-state index in [9.17, 15) is 0 Å². The van der Waals surface area contributed by atoms with Crippen LogP contribution in [-0.2, 0) is 0 Å². The van der Waals surface area contributed by atoms with E-state index in [1.807, 2.05) is 18.5 Å². The Balaban J connectivity index is 1.74. The lowest BCUT2D eigenvalue weighted by Crippen LogP contribution is -2.31. The van der Waals surface area contributed by atoms with Gasteiger partial charge in [0.1, 0.15) is 0 Å². The molecule has 2 rings (SSSR count). The number of hydrogen-bond donors (Lipinski definition) is 1. The first-order valence-corrected chi connectivity index (χ1v) is 8.10. The van der Waals surface area contributed by atoms with E-state index >= 15 is 0 Å². The standard InChI is InChI=1S/C18H30N2/c1-14(16-6-5-11-19-13-16)20-12-15-7-9-17(10-8-15)18(2,3)4/h5-6,11,13-15,17,20H,7-10,12H2,1-4H3. The average molecular weight is 274 g/mol. The predicted molar refractivity (Wildman–Crippen MR) is 85.6 cm³/mol. The molecule has 1 heterocycles. The zero-order valence-electron chi connectivity index (χ0n) is 13.5. The van der Waals surface area contributed by atoms with Gasteiger partial charge in [-0.1, -0.05) is 26.8 Å². The fourth-order valence-corrected chi connectivity index (χ4v) is 3.33. The molecular formula is C18H30N2. The van der Waals surface area contributed by atoms with Crippen LogP contribution in [0.4, 0.5) is 0 Å². The molecule has 1 aliphatic carbocycles. The van der Waals surface area contributed by atoms with E-state index in [0.29, 0.717) is 11.5 Å². The third-order valence-corrected chi connectivity index (χ3v) is 4.97. The van der Waals surface area contributed by atoms with Crippen molar-refractivity contribution in [3.05, 3.63) is 30.1 Å². The second-order valence-electron chi connectivity index (χ2n) is 7.50. The molecule has 1 fully saturated rings. The summed E-state index contributed by atoms with van der Waals surface area (Å²) in [6.07, 6.45) is 9.37. The number of nitrogens with one attached hydrogen (secondary N) is 1. The largest absolute Gasteiger partial charge is 0.310 e. The van der Waals surface area contributed by atoms with E-state index in [1.165, 1.54) is 31.2 Å². The summed E-state index contributed by atoms with van der Waals surface area (Å²) < 4.78 is 0. The van der Waals surface area contributed by atoms with Crippen LogP contribution in [0, 0.1) is 17.3 Å². The van der Waals surface area contributed by atoms with Gasteiger partial charge in [-0.25, -0.2) is 0 Å². The number of aromatic nitrogens is 1. The van der Waals surface area contributed by atoms with E-state index in [0.717, 1.165) is 18.4 Å². The summed E-state index contributed by atoms with van der Waals surface area (Å²) in [4.78, 5) is 4.20. The predicted octanol–water partition coefficient (Wildman–Crippen LogP) is 4.58. The highest BCUT2D eigenvalue weighted by Gasteiger charge is 2.29. The number of rotatable bonds is 4. The maximum absolute atomic E-state index is 4.20. The third kappa shape index (κ3) is 4.31. The number of pyridine rings is 1. The van der Waals surface area contributed by atoms with Crippen LogP contribution in [0.25, 0.3) is 0 Å². The van der Waals surface area contributed by atoms with E-state index < -0.39 is 0 Å². The molecule has 1 N–H and O–H groups in total. The van der Waals surface area contributed by atoms with E-state index in [4.69, 9.17) is 0 Å². The Bertz CT molecular complexity index is 386. The molecule has 0 aromatic carbocycles. The zero-order valence-corrected chi connectivity index (χ0v) is 13.5. The lowest BCUT2D eigenvalue weighted by atomic mass is 9.70. The average Bonchev–Trinajstić information content (AvgIpc) is 2.45. The Morgan fingerprint density at radius 1 is 1.25 bits per heavy atom. The normalized spacial score (nSPS) is 25.4. The van der Waals surface area contributed by atoms with Crippen molar-refractivity contribution >= 4 is 0 Å². The molecule has 1 unspecified atom stereocenters. The number of nitrogens with zero attached hydrogens (tertiary/aromatic N) is 1. The Labute approximate surface area is 124 Å². The summed E-state index contributed by atoms with van der Waals surface area (Å²) in [5.74, 6) is 1.77. The first-order chi connectivity index (χ1) is 9.47. The minimum Gasteiger partial charge on any atom is -0.310 e. The van der Waals surface area contributed by atoms with Gasteiger partial charge in [0.25, 0.3) is 0 Å². The molecule has 1 aliphatic rings. The van der Waals surface area contributed by atoms with Crippen LogP contribution in [-0.4, -0.2) is 11.5 Å². The zero-order chi connectivity index (χ0) is 14.6. The first kappa shape index (κ1) is 15.5. The van der Waals surface area contributed by atoms with Gasteiger partial charge in [-0.05, 0) is 68.0 Å². The molecule has 0 spiro atoms. The topological polar surface area (TPSA) is 24.9 Å². The van der Waals surface area contributed by atoms with Crippen LogP contribution in [0.2, 0.25) is 0 Å². The highest BCUT2D eigenvalue weighted by Crippen LogP contribution is 2.39. The van der Waals surface area contributed by atoms with Crippen molar-refractivity contribution in [2.75, 3.05) is 6.54 Å². The van der Waals surface area contributed by atoms with Crippen LogP contribution in [0.3, 0.4) is 0 Å². The molecule has 1 atom stereocenters. The Kier molecular flexibility index (Phi) is 5.20. The van der Waals surface area contributed by atoms with Crippen molar-refractivity contribution in [2.24, 2.45) is 17.3 Å². The molecule has 0 aliphatic heterocycles. The summed E-state index contributed by atoms with van der Waals surface area (Å²) in [6, 6.07) is 4.58. The molecular weight excluding hydrogens is 244 g/mol. The molecule has 0 amide bonds. The van der Waals surface area contributed by atoms with Gasteiger partial charge >= 0.3 is 0 Å². The Morgan fingerprint density at radius 3 is 2.50 bits per heavy atom. The minimum absolute atomic E-state index is 0.407. The van der Waals surface area contributed by atoms with Gasteiger partial charge in [0.15, 0.2) is 0 Å². The van der Waals surface area contributed by atoms with Gasteiger partial charge in [0, 0.05) is 18.4 Å². The molecule has 112 valence electrons. The second-order valence-corrected chi connectivity index (χ2v) is 7.50.